The average Bonchev–Trinajstić information content (AvgIpc) is 2.85. The predicted molar refractivity (Wildman–Crippen MR) is 76.7 cm³/mol. The molecule has 0 bridgehead atoms. The zero-order valence-corrected chi connectivity index (χ0v) is 12.5. The van der Waals surface area contributed by atoms with E-state index in [1.54, 1.807) is 17.1 Å². The summed E-state index contributed by atoms with van der Waals surface area (Å²) < 4.78 is 6.97. The van der Waals surface area contributed by atoms with Crippen LogP contribution in [-0.4, -0.2) is 60.0 Å². The molecular weight excluding hydrogens is 280 g/mol. The summed E-state index contributed by atoms with van der Waals surface area (Å²) in [6, 6.07) is 0. The minimum absolute atomic E-state index is 0.0462. The van der Waals surface area contributed by atoms with Crippen molar-refractivity contribution in [3.63, 3.8) is 0 Å². The van der Waals surface area contributed by atoms with E-state index in [4.69, 9.17) is 16.3 Å². The number of hydrogen-bond acceptors (Lipinski definition) is 4. The first-order valence-electron chi connectivity index (χ1n) is 6.91. The predicted octanol–water partition coefficient (Wildman–Crippen LogP) is 0.621. The van der Waals surface area contributed by atoms with Crippen LogP contribution in [0.1, 0.15) is 6.92 Å². The molecule has 2 heterocycles. The van der Waals surface area contributed by atoms with E-state index in [-0.39, 0.29) is 11.8 Å². The average molecular weight is 301 g/mol. The van der Waals surface area contributed by atoms with Crippen molar-refractivity contribution in [2.24, 2.45) is 5.92 Å². The molecule has 1 saturated heterocycles. The lowest BCUT2D eigenvalue weighted by Crippen LogP contribution is -2.42. The second-order valence-electron chi connectivity index (χ2n) is 5.03. The smallest absolute Gasteiger partial charge is 0.224 e. The Kier molecular flexibility index (Phi) is 5.82. The van der Waals surface area contributed by atoms with E-state index in [0.717, 1.165) is 32.8 Å². The maximum Gasteiger partial charge on any atom is 0.224 e. The molecule has 1 amide bonds. The van der Waals surface area contributed by atoms with Gasteiger partial charge in [-0.2, -0.15) is 5.10 Å². The summed E-state index contributed by atoms with van der Waals surface area (Å²) in [5, 5.41) is 7.62. The van der Waals surface area contributed by atoms with Crippen LogP contribution in [0.5, 0.6) is 0 Å². The molecule has 1 N–H and O–H groups in total. The molecule has 0 saturated carbocycles. The van der Waals surface area contributed by atoms with Crippen molar-refractivity contribution in [1.29, 1.82) is 0 Å². The molecule has 0 aliphatic carbocycles. The highest BCUT2D eigenvalue weighted by atomic mass is 35.5. The lowest BCUT2D eigenvalue weighted by Gasteiger charge is -2.26. The number of carbonyl (C=O) groups excluding carboxylic acids is 1. The summed E-state index contributed by atoms with van der Waals surface area (Å²) in [6.45, 7) is 7.41. The van der Waals surface area contributed by atoms with Crippen molar-refractivity contribution < 1.29 is 9.53 Å². The van der Waals surface area contributed by atoms with Crippen LogP contribution >= 0.6 is 11.6 Å². The van der Waals surface area contributed by atoms with Gasteiger partial charge in [-0.1, -0.05) is 18.5 Å². The molecule has 1 unspecified atom stereocenters. The third-order valence-electron chi connectivity index (χ3n) is 3.34. The standard InChI is InChI=1S/C13H21ClN4O2/c1-11(9-18-10-12(14)8-16-18)13(19)15-2-3-17-4-6-20-7-5-17/h8,10-11H,2-7,9H2,1H3,(H,15,19). The van der Waals surface area contributed by atoms with Crippen molar-refractivity contribution >= 4 is 17.5 Å². The van der Waals surface area contributed by atoms with Crippen LogP contribution in [0, 0.1) is 5.92 Å². The second kappa shape index (κ2) is 7.61. The Balaban J connectivity index is 1.65. The highest BCUT2D eigenvalue weighted by molar-refractivity contribution is 6.30. The second-order valence-corrected chi connectivity index (χ2v) is 5.46. The zero-order chi connectivity index (χ0) is 14.4. The summed E-state index contributed by atoms with van der Waals surface area (Å²) in [5.41, 5.74) is 0. The minimum Gasteiger partial charge on any atom is -0.379 e. The normalized spacial score (nSPS) is 17.9. The minimum atomic E-state index is -0.129. The summed E-state index contributed by atoms with van der Waals surface area (Å²) in [7, 11) is 0. The molecule has 1 aliphatic heterocycles. The summed E-state index contributed by atoms with van der Waals surface area (Å²) in [6.07, 6.45) is 3.30. The van der Waals surface area contributed by atoms with Gasteiger partial charge in [0, 0.05) is 32.4 Å². The van der Waals surface area contributed by atoms with E-state index in [1.165, 1.54) is 0 Å². The maximum atomic E-state index is 12.0. The Bertz CT molecular complexity index is 432. The van der Waals surface area contributed by atoms with E-state index in [0.29, 0.717) is 18.1 Å². The Morgan fingerprint density at radius 3 is 2.95 bits per heavy atom. The van der Waals surface area contributed by atoms with Crippen LogP contribution in [0.15, 0.2) is 12.4 Å². The van der Waals surface area contributed by atoms with Gasteiger partial charge in [0.05, 0.1) is 36.9 Å². The van der Waals surface area contributed by atoms with Gasteiger partial charge in [0.15, 0.2) is 0 Å². The number of ether oxygens (including phenoxy) is 1. The Morgan fingerprint density at radius 1 is 1.55 bits per heavy atom. The topological polar surface area (TPSA) is 59.4 Å². The number of nitrogens with one attached hydrogen (secondary N) is 1. The van der Waals surface area contributed by atoms with Crippen molar-refractivity contribution in [3.05, 3.63) is 17.4 Å². The zero-order valence-electron chi connectivity index (χ0n) is 11.7. The van der Waals surface area contributed by atoms with Crippen molar-refractivity contribution in [1.82, 2.24) is 20.0 Å². The van der Waals surface area contributed by atoms with Gasteiger partial charge in [0.1, 0.15) is 0 Å². The van der Waals surface area contributed by atoms with E-state index >= 15 is 0 Å². The number of aromatic nitrogens is 2. The summed E-state index contributed by atoms with van der Waals surface area (Å²) in [5.74, 6) is -0.0828. The van der Waals surface area contributed by atoms with Gasteiger partial charge in [-0.05, 0) is 0 Å². The molecule has 1 aromatic rings. The molecule has 6 nitrogen and oxygen atoms in total. The fraction of sp³-hybridized carbons (Fsp3) is 0.692. The molecule has 1 aliphatic rings. The number of morpholine rings is 1. The van der Waals surface area contributed by atoms with Crippen LogP contribution in [0.25, 0.3) is 0 Å². The fourth-order valence-electron chi connectivity index (χ4n) is 2.14. The van der Waals surface area contributed by atoms with Crippen LogP contribution in [-0.2, 0) is 16.1 Å². The lowest BCUT2D eigenvalue weighted by molar-refractivity contribution is -0.125. The number of rotatable bonds is 6. The van der Waals surface area contributed by atoms with Gasteiger partial charge < -0.3 is 10.1 Å². The summed E-state index contributed by atoms with van der Waals surface area (Å²) in [4.78, 5) is 14.3. The third kappa shape index (κ3) is 4.77. The maximum absolute atomic E-state index is 12.0. The molecule has 0 spiro atoms. The molecule has 2 rings (SSSR count). The molecule has 0 aromatic carbocycles. The highest BCUT2D eigenvalue weighted by Gasteiger charge is 2.15. The number of hydrogen-bond donors (Lipinski definition) is 1. The first kappa shape index (κ1) is 15.3. The van der Waals surface area contributed by atoms with Gasteiger partial charge in [-0.3, -0.25) is 14.4 Å². The monoisotopic (exact) mass is 300 g/mol. The molecule has 0 radical (unpaired) electrons. The first-order chi connectivity index (χ1) is 9.65. The molecule has 1 atom stereocenters. The van der Waals surface area contributed by atoms with Crippen molar-refractivity contribution in [2.75, 3.05) is 39.4 Å². The van der Waals surface area contributed by atoms with Crippen molar-refractivity contribution in [2.45, 2.75) is 13.5 Å². The Morgan fingerprint density at radius 2 is 2.30 bits per heavy atom. The SMILES string of the molecule is CC(Cn1cc(Cl)cn1)C(=O)NCCN1CCOCC1. The van der Waals surface area contributed by atoms with Gasteiger partial charge in [-0.25, -0.2) is 0 Å². The quantitative estimate of drug-likeness (QED) is 0.837. The molecule has 7 heteroatoms. The van der Waals surface area contributed by atoms with Crippen LogP contribution in [0.3, 0.4) is 0 Å². The Hall–Kier alpha value is -1.11. The van der Waals surface area contributed by atoms with E-state index in [9.17, 15) is 4.79 Å². The molecule has 112 valence electrons. The number of halogens is 1. The fourth-order valence-corrected chi connectivity index (χ4v) is 2.29. The summed E-state index contributed by atoms with van der Waals surface area (Å²) >= 11 is 5.79. The van der Waals surface area contributed by atoms with Crippen LogP contribution < -0.4 is 5.32 Å². The first-order valence-corrected chi connectivity index (χ1v) is 7.28. The number of nitrogens with zero attached hydrogens (tertiary/aromatic N) is 3. The van der Waals surface area contributed by atoms with Gasteiger partial charge in [0.25, 0.3) is 0 Å². The Labute approximate surface area is 124 Å². The molecule has 1 aromatic heterocycles. The lowest BCUT2D eigenvalue weighted by atomic mass is 10.1. The van der Waals surface area contributed by atoms with Crippen LogP contribution in [0.2, 0.25) is 5.02 Å². The molecular formula is C13H21ClN4O2. The van der Waals surface area contributed by atoms with Crippen LogP contribution in [0.4, 0.5) is 0 Å². The van der Waals surface area contributed by atoms with Gasteiger partial charge in [0.2, 0.25) is 5.91 Å². The highest BCUT2D eigenvalue weighted by Crippen LogP contribution is 2.07. The van der Waals surface area contributed by atoms with Gasteiger partial charge in [-0.15, -0.1) is 0 Å². The van der Waals surface area contributed by atoms with Gasteiger partial charge >= 0.3 is 0 Å². The molecule has 20 heavy (non-hydrogen) atoms. The van der Waals surface area contributed by atoms with Crippen molar-refractivity contribution in [3.8, 4) is 0 Å². The largest absolute Gasteiger partial charge is 0.379 e. The third-order valence-corrected chi connectivity index (χ3v) is 3.54. The number of amides is 1. The van der Waals surface area contributed by atoms with E-state index in [2.05, 4.69) is 15.3 Å². The van der Waals surface area contributed by atoms with E-state index < -0.39 is 0 Å². The van der Waals surface area contributed by atoms with E-state index in [1.807, 2.05) is 6.92 Å². The number of carbonyl (C=O) groups is 1. The molecule has 1 fully saturated rings.